The van der Waals surface area contributed by atoms with E-state index in [1.54, 1.807) is 18.2 Å². The zero-order valence-corrected chi connectivity index (χ0v) is 13.5. The molecule has 0 aliphatic carbocycles. The zero-order chi connectivity index (χ0) is 15.6. The van der Waals surface area contributed by atoms with Crippen molar-refractivity contribution < 1.29 is 18.3 Å². The number of carbonyl (C=O) groups is 1. The van der Waals surface area contributed by atoms with Crippen molar-refractivity contribution >= 4 is 39.0 Å². The van der Waals surface area contributed by atoms with E-state index in [0.29, 0.717) is 23.1 Å². The molecule has 1 heterocycles. The summed E-state index contributed by atoms with van der Waals surface area (Å²) >= 11 is 11.9. The molecular formula is C13H15Cl2NO4S. The molecule has 0 saturated carbocycles. The van der Waals surface area contributed by atoms with E-state index in [1.807, 2.05) is 4.90 Å². The molecule has 1 aromatic carbocycles. The fourth-order valence-electron chi connectivity index (χ4n) is 2.46. The van der Waals surface area contributed by atoms with Gasteiger partial charge >= 0.3 is 5.97 Å². The number of halogens is 2. The third kappa shape index (κ3) is 4.85. The average molecular weight is 352 g/mol. The Kier molecular flexibility index (Phi) is 5.14. The molecule has 21 heavy (non-hydrogen) atoms. The van der Waals surface area contributed by atoms with E-state index >= 15 is 0 Å². The van der Waals surface area contributed by atoms with Gasteiger partial charge in [0.05, 0.1) is 17.9 Å². The molecular weight excluding hydrogens is 337 g/mol. The van der Waals surface area contributed by atoms with Crippen LogP contribution in [0.3, 0.4) is 0 Å². The van der Waals surface area contributed by atoms with Gasteiger partial charge in [-0.25, -0.2) is 8.42 Å². The van der Waals surface area contributed by atoms with Gasteiger partial charge in [-0.15, -0.1) is 0 Å². The van der Waals surface area contributed by atoms with Gasteiger partial charge in [0.25, 0.3) is 0 Å². The third-order valence-corrected chi connectivity index (χ3v) is 5.50. The number of hydrogen-bond donors (Lipinski definition) is 1. The lowest BCUT2D eigenvalue weighted by molar-refractivity contribution is -0.138. The molecule has 1 saturated heterocycles. The van der Waals surface area contributed by atoms with Gasteiger partial charge in [0.2, 0.25) is 0 Å². The van der Waals surface area contributed by atoms with Gasteiger partial charge in [0.1, 0.15) is 0 Å². The van der Waals surface area contributed by atoms with Crippen LogP contribution in [0.15, 0.2) is 18.2 Å². The summed E-state index contributed by atoms with van der Waals surface area (Å²) in [7, 11) is -3.18. The zero-order valence-electron chi connectivity index (χ0n) is 11.1. The smallest absolute Gasteiger partial charge is 0.304 e. The maximum atomic E-state index is 11.7. The Hall–Kier alpha value is -0.820. The van der Waals surface area contributed by atoms with E-state index in [1.165, 1.54) is 0 Å². The molecule has 0 amide bonds. The number of aliphatic carboxylic acids is 1. The van der Waals surface area contributed by atoms with E-state index in [4.69, 9.17) is 28.3 Å². The molecule has 0 bridgehead atoms. The van der Waals surface area contributed by atoms with Crippen molar-refractivity contribution in [1.82, 2.24) is 4.90 Å². The molecule has 0 aromatic heterocycles. The summed E-state index contributed by atoms with van der Waals surface area (Å²) in [5.74, 6) is -1.10. The lowest BCUT2D eigenvalue weighted by atomic mass is 10.1. The second kappa shape index (κ2) is 6.52. The van der Waals surface area contributed by atoms with Gasteiger partial charge in [-0.2, -0.15) is 0 Å². The van der Waals surface area contributed by atoms with Gasteiger partial charge in [0, 0.05) is 29.2 Å². The predicted octanol–water partition coefficient (Wildman–Crippen LogP) is 2.07. The Labute approximate surface area is 133 Å². The molecule has 1 aliphatic heterocycles. The molecule has 1 unspecified atom stereocenters. The first kappa shape index (κ1) is 16.5. The highest BCUT2D eigenvalue weighted by Crippen LogP contribution is 2.23. The molecule has 0 radical (unpaired) electrons. The Morgan fingerprint density at radius 1 is 1.29 bits per heavy atom. The topological polar surface area (TPSA) is 74.7 Å². The first-order valence-electron chi connectivity index (χ1n) is 6.36. The van der Waals surface area contributed by atoms with Crippen LogP contribution < -0.4 is 0 Å². The molecule has 116 valence electrons. The van der Waals surface area contributed by atoms with Crippen LogP contribution in [0, 0.1) is 0 Å². The Balaban J connectivity index is 2.17. The second-order valence-corrected chi connectivity index (χ2v) is 8.22. The van der Waals surface area contributed by atoms with Gasteiger partial charge in [0.15, 0.2) is 9.84 Å². The number of rotatable bonds is 4. The monoisotopic (exact) mass is 351 g/mol. The van der Waals surface area contributed by atoms with Crippen LogP contribution in [0.25, 0.3) is 0 Å². The summed E-state index contributed by atoms with van der Waals surface area (Å²) in [4.78, 5) is 12.8. The Morgan fingerprint density at radius 2 is 1.90 bits per heavy atom. The Morgan fingerprint density at radius 3 is 2.48 bits per heavy atom. The molecule has 2 rings (SSSR count). The van der Waals surface area contributed by atoms with Crippen molar-refractivity contribution in [3.8, 4) is 0 Å². The molecule has 1 atom stereocenters. The van der Waals surface area contributed by atoms with E-state index in [-0.39, 0.29) is 17.9 Å². The highest BCUT2D eigenvalue weighted by atomic mass is 35.5. The lowest BCUT2D eigenvalue weighted by Crippen LogP contribution is -2.48. The maximum absolute atomic E-state index is 11.7. The number of sulfone groups is 1. The van der Waals surface area contributed by atoms with Crippen LogP contribution in [-0.4, -0.2) is 48.5 Å². The summed E-state index contributed by atoms with van der Waals surface area (Å²) in [6.45, 7) is 0.734. The molecule has 5 nitrogen and oxygen atoms in total. The largest absolute Gasteiger partial charge is 0.481 e. The summed E-state index contributed by atoms with van der Waals surface area (Å²) in [6.07, 6.45) is -0.201. The molecule has 8 heteroatoms. The number of carboxylic acid groups (broad SMARTS) is 1. The minimum absolute atomic E-state index is 0.0391. The number of benzene rings is 1. The van der Waals surface area contributed by atoms with E-state index in [9.17, 15) is 13.2 Å². The van der Waals surface area contributed by atoms with Crippen LogP contribution in [0.5, 0.6) is 0 Å². The lowest BCUT2D eigenvalue weighted by Gasteiger charge is -2.34. The van der Waals surface area contributed by atoms with Gasteiger partial charge < -0.3 is 5.11 Å². The normalized spacial score (nSPS) is 22.1. The highest BCUT2D eigenvalue weighted by Gasteiger charge is 2.32. The van der Waals surface area contributed by atoms with Gasteiger partial charge in [-0.1, -0.05) is 23.2 Å². The SMILES string of the molecule is O=C(O)CC1CS(=O)(=O)CCN1Cc1cc(Cl)cc(Cl)c1. The number of carboxylic acids is 1. The molecule has 1 fully saturated rings. The first-order valence-corrected chi connectivity index (χ1v) is 8.94. The first-order chi connectivity index (χ1) is 9.75. The molecule has 1 aliphatic rings. The average Bonchev–Trinajstić information content (AvgIpc) is 2.30. The maximum Gasteiger partial charge on any atom is 0.304 e. The van der Waals surface area contributed by atoms with Crippen LogP contribution in [-0.2, 0) is 21.2 Å². The molecule has 1 aromatic rings. The van der Waals surface area contributed by atoms with Crippen LogP contribution in [0.1, 0.15) is 12.0 Å². The number of nitrogens with zero attached hydrogens (tertiary/aromatic N) is 1. The highest BCUT2D eigenvalue weighted by molar-refractivity contribution is 7.91. The van der Waals surface area contributed by atoms with Crippen molar-refractivity contribution in [1.29, 1.82) is 0 Å². The van der Waals surface area contributed by atoms with Gasteiger partial charge in [-0.05, 0) is 23.8 Å². The third-order valence-electron chi connectivity index (χ3n) is 3.37. The van der Waals surface area contributed by atoms with Crippen molar-refractivity contribution in [2.75, 3.05) is 18.1 Å². The second-order valence-electron chi connectivity index (χ2n) is 5.11. The van der Waals surface area contributed by atoms with Gasteiger partial charge in [-0.3, -0.25) is 9.69 Å². The van der Waals surface area contributed by atoms with E-state index < -0.39 is 21.8 Å². The fraction of sp³-hybridized carbons (Fsp3) is 0.462. The van der Waals surface area contributed by atoms with Crippen molar-refractivity contribution in [3.63, 3.8) is 0 Å². The fourth-order valence-corrected chi connectivity index (χ4v) is 4.62. The minimum atomic E-state index is -3.18. The van der Waals surface area contributed by atoms with Crippen LogP contribution in [0.4, 0.5) is 0 Å². The van der Waals surface area contributed by atoms with Crippen molar-refractivity contribution in [2.45, 2.75) is 19.0 Å². The predicted molar refractivity (Wildman–Crippen MR) is 81.6 cm³/mol. The minimum Gasteiger partial charge on any atom is -0.481 e. The van der Waals surface area contributed by atoms with Crippen molar-refractivity contribution in [3.05, 3.63) is 33.8 Å². The van der Waals surface area contributed by atoms with E-state index in [2.05, 4.69) is 0 Å². The van der Waals surface area contributed by atoms with Crippen LogP contribution in [0.2, 0.25) is 10.0 Å². The molecule has 0 spiro atoms. The standard InChI is InChI=1S/C13H15Cl2NO4S/c14-10-3-9(4-11(15)5-10)7-16-1-2-21(19,20)8-12(16)6-13(17)18/h3-5,12H,1-2,6-8H2,(H,17,18). The summed E-state index contributed by atoms with van der Waals surface area (Å²) < 4.78 is 23.4. The number of hydrogen-bond acceptors (Lipinski definition) is 4. The quantitative estimate of drug-likeness (QED) is 0.898. The van der Waals surface area contributed by atoms with Crippen molar-refractivity contribution in [2.24, 2.45) is 0 Å². The molecule has 1 N–H and O–H groups in total. The summed E-state index contributed by atoms with van der Waals surface area (Å²) in [5.41, 5.74) is 0.835. The van der Waals surface area contributed by atoms with Crippen LogP contribution >= 0.6 is 23.2 Å². The van der Waals surface area contributed by atoms with E-state index in [0.717, 1.165) is 5.56 Å². The summed E-state index contributed by atoms with van der Waals surface area (Å²) in [5, 5.41) is 9.94. The Bertz CT molecular complexity index is 627. The summed E-state index contributed by atoms with van der Waals surface area (Å²) in [6, 6.07) is 4.57.